The van der Waals surface area contributed by atoms with Gasteiger partial charge in [-0.2, -0.15) is 0 Å². The Kier molecular flexibility index (Phi) is 5.88. The number of rotatable bonds is 5. The van der Waals surface area contributed by atoms with Gasteiger partial charge in [-0.05, 0) is 26.2 Å². The quantitative estimate of drug-likeness (QED) is 0.644. The number of aromatic nitrogens is 1. The van der Waals surface area contributed by atoms with Crippen LogP contribution in [0.15, 0.2) is 34.9 Å². The van der Waals surface area contributed by atoms with Gasteiger partial charge in [-0.15, -0.1) is 12.4 Å². The minimum Gasteiger partial charge on any atom is -0.486 e. The lowest BCUT2D eigenvalue weighted by atomic mass is 10.3. The van der Waals surface area contributed by atoms with E-state index in [9.17, 15) is 4.79 Å². The lowest BCUT2D eigenvalue weighted by molar-refractivity contribution is 0.0958. The molecule has 4 rings (SSSR count). The van der Waals surface area contributed by atoms with Gasteiger partial charge in [0, 0.05) is 25.2 Å². The molecule has 0 unspecified atom stereocenters. The fraction of sp³-hybridized carbons (Fsp3) is 0.333. The van der Waals surface area contributed by atoms with E-state index >= 15 is 0 Å². The van der Waals surface area contributed by atoms with Crippen molar-refractivity contribution in [2.45, 2.75) is 0 Å². The lowest BCUT2D eigenvalue weighted by Crippen LogP contribution is -2.36. The van der Waals surface area contributed by atoms with E-state index < -0.39 is 0 Å². The largest absolute Gasteiger partial charge is 0.486 e. The molecule has 1 aromatic carbocycles. The molecule has 2 aromatic heterocycles. The molecular formula is C18H20ClN3O4S. The van der Waals surface area contributed by atoms with Crippen molar-refractivity contribution < 1.29 is 18.7 Å². The van der Waals surface area contributed by atoms with Gasteiger partial charge in [0.05, 0.1) is 16.5 Å². The van der Waals surface area contributed by atoms with Gasteiger partial charge in [-0.3, -0.25) is 9.69 Å². The normalized spacial score (nSPS) is 12.9. The van der Waals surface area contributed by atoms with Gasteiger partial charge < -0.3 is 18.8 Å². The Labute approximate surface area is 166 Å². The van der Waals surface area contributed by atoms with Crippen LogP contribution in [0.25, 0.3) is 10.2 Å². The predicted molar refractivity (Wildman–Crippen MR) is 107 cm³/mol. The summed E-state index contributed by atoms with van der Waals surface area (Å²) in [5.74, 6) is 1.51. The minimum atomic E-state index is -0.201. The zero-order valence-corrected chi connectivity index (χ0v) is 16.6. The second-order valence-electron chi connectivity index (χ2n) is 6.20. The van der Waals surface area contributed by atoms with Gasteiger partial charge in [0.15, 0.2) is 22.4 Å². The third-order valence-electron chi connectivity index (χ3n) is 4.02. The number of hydrogen-bond acceptors (Lipinski definition) is 7. The number of ether oxygens (including phenoxy) is 2. The number of nitrogens with zero attached hydrogens (tertiary/aromatic N) is 3. The molecule has 0 saturated carbocycles. The van der Waals surface area contributed by atoms with Crippen LogP contribution >= 0.6 is 23.7 Å². The highest BCUT2D eigenvalue weighted by atomic mass is 35.5. The van der Waals surface area contributed by atoms with Gasteiger partial charge in [-0.25, -0.2) is 4.98 Å². The standard InChI is InChI=1S/C18H19N3O4S.ClH/c1-20(2)5-6-21(17(22)13-4-3-7-23-13)18-19-12-10-14-15(11-16(12)26-18)25-9-8-24-14;/h3-4,7,10-11H,5-6,8-9H2,1-2H3;1H. The first-order valence-corrected chi connectivity index (χ1v) is 9.14. The first kappa shape index (κ1) is 19.5. The Morgan fingerprint density at radius 3 is 2.59 bits per heavy atom. The summed E-state index contributed by atoms with van der Waals surface area (Å²) >= 11 is 1.45. The molecule has 0 radical (unpaired) electrons. The van der Waals surface area contributed by atoms with Gasteiger partial charge in [0.25, 0.3) is 5.91 Å². The van der Waals surface area contributed by atoms with Crippen molar-refractivity contribution in [3.63, 3.8) is 0 Å². The van der Waals surface area contributed by atoms with Crippen LogP contribution in [0.1, 0.15) is 10.6 Å². The highest BCUT2D eigenvalue weighted by molar-refractivity contribution is 7.22. The van der Waals surface area contributed by atoms with Gasteiger partial charge in [0.1, 0.15) is 13.2 Å². The Balaban J connectivity index is 0.00000210. The molecule has 3 heterocycles. The molecule has 9 heteroatoms. The number of amides is 1. The Hall–Kier alpha value is -2.29. The van der Waals surface area contributed by atoms with E-state index in [1.165, 1.54) is 17.6 Å². The van der Waals surface area contributed by atoms with Gasteiger partial charge >= 0.3 is 0 Å². The average molecular weight is 410 g/mol. The van der Waals surface area contributed by atoms with Crippen LogP contribution in [0, 0.1) is 0 Å². The fourth-order valence-electron chi connectivity index (χ4n) is 2.69. The molecule has 0 atom stereocenters. The maximum atomic E-state index is 12.9. The van der Waals surface area contributed by atoms with Crippen molar-refractivity contribution in [2.75, 3.05) is 45.3 Å². The first-order valence-electron chi connectivity index (χ1n) is 8.32. The number of thiazole rings is 1. The minimum absolute atomic E-state index is 0. The lowest BCUT2D eigenvalue weighted by Gasteiger charge is -2.20. The molecule has 0 spiro atoms. The second kappa shape index (κ2) is 8.16. The van der Waals surface area contributed by atoms with E-state index in [4.69, 9.17) is 13.9 Å². The second-order valence-corrected chi connectivity index (χ2v) is 7.21. The number of likely N-dealkylation sites (N-methyl/N-ethyl adjacent to an activating group) is 1. The third kappa shape index (κ3) is 4.02. The van der Waals surface area contributed by atoms with Crippen LogP contribution in [-0.2, 0) is 0 Å². The first-order chi connectivity index (χ1) is 12.6. The van der Waals surface area contributed by atoms with Crippen molar-refractivity contribution in [1.29, 1.82) is 0 Å². The molecule has 0 saturated heterocycles. The van der Waals surface area contributed by atoms with Crippen LogP contribution < -0.4 is 14.4 Å². The summed E-state index contributed by atoms with van der Waals surface area (Å²) < 4.78 is 17.5. The number of carbonyl (C=O) groups excluding carboxylic acids is 1. The zero-order chi connectivity index (χ0) is 18.1. The molecule has 144 valence electrons. The van der Waals surface area contributed by atoms with E-state index in [0.717, 1.165) is 16.0 Å². The van der Waals surface area contributed by atoms with Crippen LogP contribution in [0.4, 0.5) is 5.13 Å². The van der Waals surface area contributed by atoms with Crippen molar-refractivity contribution >= 4 is 45.0 Å². The molecule has 0 fully saturated rings. The maximum Gasteiger partial charge on any atom is 0.295 e. The molecule has 1 amide bonds. The average Bonchev–Trinajstić information content (AvgIpc) is 3.29. The predicted octanol–water partition coefficient (Wildman–Crippen LogP) is 3.29. The molecule has 0 bridgehead atoms. The summed E-state index contributed by atoms with van der Waals surface area (Å²) in [6, 6.07) is 7.16. The SMILES string of the molecule is CN(C)CCN(C(=O)c1ccco1)c1nc2cc3c(cc2s1)OCCO3.Cl. The Bertz CT molecular complexity index is 883. The molecule has 0 N–H and O–H groups in total. The number of anilines is 1. The summed E-state index contributed by atoms with van der Waals surface area (Å²) in [5.41, 5.74) is 0.788. The summed E-state index contributed by atoms with van der Waals surface area (Å²) in [6.07, 6.45) is 1.50. The number of carbonyl (C=O) groups is 1. The molecule has 1 aliphatic rings. The zero-order valence-electron chi connectivity index (χ0n) is 15.0. The molecule has 7 nitrogen and oxygen atoms in total. The summed E-state index contributed by atoms with van der Waals surface area (Å²) in [4.78, 5) is 21.2. The Morgan fingerprint density at radius 2 is 1.93 bits per heavy atom. The molecule has 3 aromatic rings. The monoisotopic (exact) mass is 409 g/mol. The summed E-state index contributed by atoms with van der Waals surface area (Å²) in [5, 5.41) is 0.630. The van der Waals surface area contributed by atoms with E-state index in [2.05, 4.69) is 4.98 Å². The van der Waals surface area contributed by atoms with Crippen molar-refractivity contribution in [2.24, 2.45) is 0 Å². The third-order valence-corrected chi connectivity index (χ3v) is 5.06. The number of fused-ring (bicyclic) bond motifs is 2. The fourth-order valence-corrected chi connectivity index (χ4v) is 3.69. The van der Waals surface area contributed by atoms with Crippen molar-refractivity contribution in [3.8, 4) is 11.5 Å². The molecule has 27 heavy (non-hydrogen) atoms. The van der Waals surface area contributed by atoms with Gasteiger partial charge in [0.2, 0.25) is 0 Å². The smallest absolute Gasteiger partial charge is 0.295 e. The molecule has 0 aliphatic carbocycles. The Morgan fingerprint density at radius 1 is 1.19 bits per heavy atom. The number of halogens is 1. The van der Waals surface area contributed by atoms with Crippen LogP contribution in [0.5, 0.6) is 11.5 Å². The van der Waals surface area contributed by atoms with E-state index in [1.807, 2.05) is 31.1 Å². The highest BCUT2D eigenvalue weighted by Crippen LogP contribution is 2.39. The summed E-state index contributed by atoms with van der Waals surface area (Å²) in [7, 11) is 3.94. The van der Waals surface area contributed by atoms with E-state index in [1.54, 1.807) is 17.0 Å². The van der Waals surface area contributed by atoms with Crippen LogP contribution in [0.2, 0.25) is 0 Å². The number of benzene rings is 1. The highest BCUT2D eigenvalue weighted by Gasteiger charge is 2.24. The number of furan rings is 1. The van der Waals surface area contributed by atoms with E-state index in [-0.39, 0.29) is 18.3 Å². The number of hydrogen-bond donors (Lipinski definition) is 0. The maximum absolute atomic E-state index is 12.9. The van der Waals surface area contributed by atoms with Crippen LogP contribution in [-0.4, -0.2) is 56.2 Å². The molecular weight excluding hydrogens is 390 g/mol. The topological polar surface area (TPSA) is 68.0 Å². The van der Waals surface area contributed by atoms with Crippen molar-refractivity contribution in [3.05, 3.63) is 36.3 Å². The van der Waals surface area contributed by atoms with Crippen LogP contribution in [0.3, 0.4) is 0 Å². The van der Waals surface area contributed by atoms with Gasteiger partial charge in [-0.1, -0.05) is 11.3 Å². The summed E-state index contributed by atoms with van der Waals surface area (Å²) in [6.45, 7) is 2.29. The van der Waals surface area contributed by atoms with E-state index in [0.29, 0.717) is 42.9 Å². The molecule has 1 aliphatic heterocycles. The van der Waals surface area contributed by atoms with Crippen molar-refractivity contribution in [1.82, 2.24) is 9.88 Å².